The second kappa shape index (κ2) is 10.5. The summed E-state index contributed by atoms with van der Waals surface area (Å²) < 4.78 is 6.08. The number of aliphatic hydroxyl groups excluding tert-OH is 1. The van der Waals surface area contributed by atoms with Crippen LogP contribution < -0.4 is 9.64 Å². The Morgan fingerprint density at radius 1 is 0.800 bits per heavy atom. The minimum atomic E-state index is -0.848. The zero-order valence-corrected chi connectivity index (χ0v) is 23.4. The normalized spacial score (nSPS) is 16.8. The van der Waals surface area contributed by atoms with Crippen molar-refractivity contribution in [3.05, 3.63) is 130 Å². The molecule has 5 rings (SSSR count). The van der Waals surface area contributed by atoms with Crippen molar-refractivity contribution in [1.82, 2.24) is 0 Å². The van der Waals surface area contributed by atoms with Crippen LogP contribution in [0.15, 0.2) is 103 Å². The van der Waals surface area contributed by atoms with Crippen molar-refractivity contribution in [1.29, 1.82) is 0 Å². The van der Waals surface area contributed by atoms with Crippen LogP contribution in [-0.4, -0.2) is 16.8 Å². The molecule has 0 saturated carbocycles. The SMILES string of the molecule is Cc1cccc(N2C(=O)C(=O)/C(=C(/O)c3cc(C(C)(C)C)ccc3C)C2c2cccc(Oc3ccccc3)c2)c1. The van der Waals surface area contributed by atoms with Crippen LogP contribution in [0.25, 0.3) is 5.76 Å². The summed E-state index contributed by atoms with van der Waals surface area (Å²) >= 11 is 0. The maximum atomic E-state index is 13.7. The van der Waals surface area contributed by atoms with Gasteiger partial charge in [0.1, 0.15) is 17.3 Å². The molecule has 40 heavy (non-hydrogen) atoms. The minimum absolute atomic E-state index is 0.0533. The zero-order valence-electron chi connectivity index (χ0n) is 23.4. The van der Waals surface area contributed by atoms with E-state index in [1.807, 2.05) is 105 Å². The third kappa shape index (κ3) is 5.15. The average molecular weight is 532 g/mol. The number of hydrogen-bond acceptors (Lipinski definition) is 4. The number of para-hydroxylation sites is 1. The van der Waals surface area contributed by atoms with E-state index in [1.165, 1.54) is 4.90 Å². The van der Waals surface area contributed by atoms with Crippen LogP contribution in [0.1, 0.15) is 54.6 Å². The third-order valence-corrected chi connectivity index (χ3v) is 7.24. The van der Waals surface area contributed by atoms with E-state index in [-0.39, 0.29) is 16.7 Å². The molecule has 1 fully saturated rings. The standard InChI is InChI=1S/C35H33NO4/c1-22-11-9-13-26(19-22)36-31(24-12-10-16-28(20-24)40-27-14-7-6-8-15-27)30(33(38)34(36)39)32(37)29-21-25(35(3,4)5)18-17-23(29)2/h6-21,31,37H,1-5H3/b32-30+. The van der Waals surface area contributed by atoms with E-state index in [9.17, 15) is 14.7 Å². The number of carbonyl (C=O) groups is 2. The highest BCUT2D eigenvalue weighted by atomic mass is 16.5. The number of nitrogens with zero attached hydrogens (tertiary/aromatic N) is 1. The quantitative estimate of drug-likeness (QED) is 0.161. The average Bonchev–Trinajstić information content (AvgIpc) is 3.19. The van der Waals surface area contributed by atoms with E-state index in [1.54, 1.807) is 6.07 Å². The lowest BCUT2D eigenvalue weighted by Crippen LogP contribution is -2.29. The third-order valence-electron chi connectivity index (χ3n) is 7.24. The van der Waals surface area contributed by atoms with Gasteiger partial charge in [0.25, 0.3) is 11.7 Å². The van der Waals surface area contributed by atoms with E-state index >= 15 is 0 Å². The largest absolute Gasteiger partial charge is 0.507 e. The van der Waals surface area contributed by atoms with E-state index in [0.717, 1.165) is 16.7 Å². The molecule has 1 amide bonds. The van der Waals surface area contributed by atoms with Crippen LogP contribution in [0.5, 0.6) is 11.5 Å². The first-order valence-corrected chi connectivity index (χ1v) is 13.4. The Labute approximate surface area is 235 Å². The molecule has 5 heteroatoms. The van der Waals surface area contributed by atoms with Gasteiger partial charge in [0.05, 0.1) is 11.6 Å². The first-order valence-electron chi connectivity index (χ1n) is 13.4. The zero-order chi connectivity index (χ0) is 28.6. The summed E-state index contributed by atoms with van der Waals surface area (Å²) in [6.45, 7) is 10.1. The van der Waals surface area contributed by atoms with Gasteiger partial charge < -0.3 is 9.84 Å². The Kier molecular flexibility index (Phi) is 7.07. The second-order valence-corrected chi connectivity index (χ2v) is 11.3. The maximum absolute atomic E-state index is 13.7. The molecule has 4 aromatic rings. The summed E-state index contributed by atoms with van der Waals surface area (Å²) in [6, 6.07) is 29.2. The molecule has 1 saturated heterocycles. The highest BCUT2D eigenvalue weighted by Gasteiger charge is 2.47. The van der Waals surface area contributed by atoms with Gasteiger partial charge in [-0.2, -0.15) is 0 Å². The first kappa shape index (κ1) is 26.9. The number of ether oxygens (including phenoxy) is 1. The number of rotatable bonds is 5. The number of anilines is 1. The van der Waals surface area contributed by atoms with Crippen molar-refractivity contribution in [3.63, 3.8) is 0 Å². The van der Waals surface area contributed by atoms with Crippen molar-refractivity contribution in [2.24, 2.45) is 0 Å². The Morgan fingerprint density at radius 2 is 1.50 bits per heavy atom. The van der Waals surface area contributed by atoms with Gasteiger partial charge in [0.15, 0.2) is 0 Å². The van der Waals surface area contributed by atoms with Crippen LogP contribution in [0.4, 0.5) is 5.69 Å². The number of ketones is 1. The fourth-order valence-corrected chi connectivity index (χ4v) is 5.05. The molecule has 0 aromatic heterocycles. The Bertz CT molecular complexity index is 1630. The molecular formula is C35H33NO4. The fraction of sp³-hybridized carbons (Fsp3) is 0.200. The van der Waals surface area contributed by atoms with Gasteiger partial charge in [-0.1, -0.05) is 75.4 Å². The van der Waals surface area contributed by atoms with Crippen molar-refractivity contribution < 1.29 is 19.4 Å². The number of benzene rings is 4. The molecule has 0 radical (unpaired) electrons. The Balaban J connectivity index is 1.71. The summed E-state index contributed by atoms with van der Waals surface area (Å²) in [5, 5.41) is 11.8. The van der Waals surface area contributed by atoms with Gasteiger partial charge in [-0.25, -0.2) is 0 Å². The van der Waals surface area contributed by atoms with Crippen molar-refractivity contribution in [2.75, 3.05) is 4.90 Å². The summed E-state index contributed by atoms with van der Waals surface area (Å²) in [4.78, 5) is 28.8. The number of amides is 1. The molecule has 202 valence electrons. The number of aryl methyl sites for hydroxylation is 2. The molecule has 1 heterocycles. The molecule has 4 aromatic carbocycles. The molecular weight excluding hydrogens is 498 g/mol. The Hall–Kier alpha value is -4.64. The van der Waals surface area contributed by atoms with Gasteiger partial charge in [-0.3, -0.25) is 14.5 Å². The number of Topliss-reactive ketones (excluding diaryl/α,β-unsaturated/α-hetero) is 1. The maximum Gasteiger partial charge on any atom is 0.300 e. The lowest BCUT2D eigenvalue weighted by atomic mass is 9.84. The van der Waals surface area contributed by atoms with Crippen molar-refractivity contribution in [2.45, 2.75) is 46.1 Å². The number of hydrogen-bond donors (Lipinski definition) is 1. The van der Waals surface area contributed by atoms with Gasteiger partial charge >= 0.3 is 0 Å². The summed E-state index contributed by atoms with van der Waals surface area (Å²) in [5.41, 5.74) is 4.44. The number of carbonyl (C=O) groups excluding carboxylic acids is 2. The minimum Gasteiger partial charge on any atom is -0.507 e. The highest BCUT2D eigenvalue weighted by Crippen LogP contribution is 2.44. The summed E-state index contributed by atoms with van der Waals surface area (Å²) in [5.74, 6) is -0.363. The lowest BCUT2D eigenvalue weighted by molar-refractivity contribution is -0.132. The van der Waals surface area contributed by atoms with Crippen molar-refractivity contribution in [3.8, 4) is 11.5 Å². The van der Waals surface area contributed by atoms with E-state index in [2.05, 4.69) is 20.8 Å². The molecule has 1 N–H and O–H groups in total. The predicted molar refractivity (Wildman–Crippen MR) is 159 cm³/mol. The van der Waals surface area contributed by atoms with Crippen LogP contribution in [0, 0.1) is 13.8 Å². The smallest absolute Gasteiger partial charge is 0.300 e. The topological polar surface area (TPSA) is 66.8 Å². The molecule has 1 aliphatic heterocycles. The molecule has 0 aliphatic carbocycles. The molecule has 0 spiro atoms. The predicted octanol–water partition coefficient (Wildman–Crippen LogP) is 8.02. The van der Waals surface area contributed by atoms with Crippen LogP contribution in [-0.2, 0) is 15.0 Å². The second-order valence-electron chi connectivity index (χ2n) is 11.3. The molecule has 1 aliphatic rings. The van der Waals surface area contributed by atoms with Crippen LogP contribution in [0.2, 0.25) is 0 Å². The Morgan fingerprint density at radius 3 is 2.20 bits per heavy atom. The van der Waals surface area contributed by atoms with E-state index in [0.29, 0.717) is 28.3 Å². The van der Waals surface area contributed by atoms with Crippen LogP contribution >= 0.6 is 0 Å². The summed E-state index contributed by atoms with van der Waals surface area (Å²) in [7, 11) is 0. The summed E-state index contributed by atoms with van der Waals surface area (Å²) in [6.07, 6.45) is 0. The molecule has 1 atom stereocenters. The van der Waals surface area contributed by atoms with Gasteiger partial charge in [0, 0.05) is 11.3 Å². The van der Waals surface area contributed by atoms with E-state index < -0.39 is 17.7 Å². The molecule has 0 bridgehead atoms. The number of aliphatic hydroxyl groups is 1. The monoisotopic (exact) mass is 531 g/mol. The van der Waals surface area contributed by atoms with Gasteiger partial charge in [0.2, 0.25) is 0 Å². The fourth-order valence-electron chi connectivity index (χ4n) is 5.05. The highest BCUT2D eigenvalue weighted by molar-refractivity contribution is 6.51. The molecule has 5 nitrogen and oxygen atoms in total. The molecule has 1 unspecified atom stereocenters. The van der Waals surface area contributed by atoms with Gasteiger partial charge in [-0.05, 0) is 84.0 Å². The van der Waals surface area contributed by atoms with Crippen LogP contribution in [0.3, 0.4) is 0 Å². The van der Waals surface area contributed by atoms with E-state index in [4.69, 9.17) is 4.74 Å². The lowest BCUT2D eigenvalue weighted by Gasteiger charge is -2.26. The first-order chi connectivity index (χ1) is 19.0. The van der Waals surface area contributed by atoms with Gasteiger partial charge in [-0.15, -0.1) is 0 Å². The van der Waals surface area contributed by atoms with Crippen molar-refractivity contribution >= 4 is 23.1 Å².